The fourth-order valence-electron chi connectivity index (χ4n) is 0.412. The Morgan fingerprint density at radius 1 is 1.41 bits per heavy atom. The van der Waals surface area contributed by atoms with Crippen LogP contribution in [-0.2, 0) is 14.3 Å². The molecule has 0 aromatic rings. The van der Waals surface area contributed by atoms with Crippen LogP contribution in [-0.4, -0.2) is 54.3 Å². The predicted molar refractivity (Wildman–Crippen MR) is 61.5 cm³/mol. The second kappa shape index (κ2) is 24.2. The van der Waals surface area contributed by atoms with Gasteiger partial charge in [-0.25, -0.2) is 0 Å². The number of aliphatic hydroxyl groups is 2. The minimum Gasteiger partial charge on any atom is -0.465 e. The summed E-state index contributed by atoms with van der Waals surface area (Å²) in [6.07, 6.45) is 0.816. The van der Waals surface area contributed by atoms with Gasteiger partial charge in [-0.15, -0.1) is 0 Å². The number of nitrogens with two attached hydrogens (primary N) is 3. The second-order valence-corrected chi connectivity index (χ2v) is 2.19. The smallest absolute Gasteiger partial charge is 0.309 e. The molecule has 0 amide bonds. The molecule has 0 atom stereocenters. The molecule has 0 saturated carbocycles. The zero-order valence-electron chi connectivity index (χ0n) is 9.89. The van der Waals surface area contributed by atoms with Crippen molar-refractivity contribution in [1.82, 2.24) is 0 Å². The fraction of sp³-hybridized carbons (Fsp3) is 0.750. The van der Waals surface area contributed by atoms with Gasteiger partial charge < -0.3 is 26.2 Å². The summed E-state index contributed by atoms with van der Waals surface area (Å²) in [5.74, 6) is 7.84. The number of carbonyl (C=O) groups excluding carboxylic acids is 2. The highest BCUT2D eigenvalue weighted by Crippen LogP contribution is 1.97. The van der Waals surface area contributed by atoms with E-state index < -0.39 is 0 Å². The van der Waals surface area contributed by atoms with Gasteiger partial charge in [-0.3, -0.25) is 21.3 Å². The first-order valence-electron chi connectivity index (χ1n) is 4.47. The Labute approximate surface area is 99.8 Å². The number of aliphatic hydroxyl groups excluding tert-OH is 2. The molecule has 1 saturated heterocycles. The topological polar surface area (TPSA) is 193 Å². The molecule has 9 nitrogen and oxygen atoms in total. The summed E-state index contributed by atoms with van der Waals surface area (Å²) in [5.41, 5.74) is 4.90. The van der Waals surface area contributed by atoms with Gasteiger partial charge in [-0.1, -0.05) is 0 Å². The molecular weight excluding hydrogens is 234 g/mol. The lowest BCUT2D eigenvalue weighted by atomic mass is 10.3. The summed E-state index contributed by atoms with van der Waals surface area (Å²) in [6, 6.07) is 0. The zero-order valence-corrected chi connectivity index (χ0v) is 9.89. The summed E-state index contributed by atoms with van der Waals surface area (Å²) < 4.78 is 4.29. The van der Waals surface area contributed by atoms with E-state index in [1.807, 2.05) is 0 Å². The van der Waals surface area contributed by atoms with Gasteiger partial charge in [0.05, 0.1) is 19.6 Å². The van der Waals surface area contributed by atoms with Crippen LogP contribution >= 0.6 is 0 Å². The SMILES string of the molecule is CO.NCC(=O)CCO.NN.O.O=C1CCO1. The Bertz CT molecular complexity index is 161. The summed E-state index contributed by atoms with van der Waals surface area (Å²) in [4.78, 5) is 19.8. The molecule has 1 heterocycles. The largest absolute Gasteiger partial charge is 0.465 e. The molecule has 0 aliphatic carbocycles. The standard InChI is InChI=1S/C4H9NO2.C3H4O2.CH4O.H4N2.H2O/c5-3-4(7)1-2-6;4-3-1-2-5-3;2*1-2;/h6H,1-3,5H2;1-2H2;2H,1H3;1-2H2;1H2. The first kappa shape index (κ1) is 24.9. The molecule has 1 fully saturated rings. The number of rotatable bonds is 3. The number of Topliss-reactive ketones (excluding diaryl/α,β-unsaturated/α-hetero) is 1. The Kier molecular flexibility index (Phi) is 35.5. The van der Waals surface area contributed by atoms with E-state index in [-0.39, 0.29) is 36.8 Å². The number of ether oxygens (including phenoxy) is 1. The molecule has 9 heteroatoms. The van der Waals surface area contributed by atoms with E-state index in [4.69, 9.17) is 15.9 Å². The second-order valence-electron chi connectivity index (χ2n) is 2.19. The van der Waals surface area contributed by atoms with Crippen molar-refractivity contribution >= 4 is 11.8 Å². The van der Waals surface area contributed by atoms with E-state index in [1.165, 1.54) is 0 Å². The minimum absolute atomic E-state index is 0. The molecule has 0 bridgehead atoms. The van der Waals surface area contributed by atoms with E-state index in [9.17, 15) is 9.59 Å². The first-order valence-corrected chi connectivity index (χ1v) is 4.47. The third-order valence-electron chi connectivity index (χ3n) is 1.19. The summed E-state index contributed by atoms with van der Waals surface area (Å²) >= 11 is 0. The van der Waals surface area contributed by atoms with Gasteiger partial charge in [-0.05, 0) is 0 Å². The molecule has 106 valence electrons. The number of hydrogen-bond donors (Lipinski definition) is 5. The Morgan fingerprint density at radius 2 is 1.76 bits per heavy atom. The average molecular weight is 257 g/mol. The van der Waals surface area contributed by atoms with Crippen molar-refractivity contribution in [3.05, 3.63) is 0 Å². The van der Waals surface area contributed by atoms with Crippen LogP contribution in [0.1, 0.15) is 12.8 Å². The molecule has 1 aliphatic heterocycles. The summed E-state index contributed by atoms with van der Waals surface area (Å²) in [7, 11) is 1.00. The van der Waals surface area contributed by atoms with Gasteiger partial charge in [0, 0.05) is 13.5 Å². The van der Waals surface area contributed by atoms with Crippen molar-refractivity contribution in [2.75, 3.05) is 26.9 Å². The summed E-state index contributed by atoms with van der Waals surface area (Å²) in [6.45, 7) is 0.593. The normalized spacial score (nSPS) is 10.4. The zero-order chi connectivity index (χ0) is 13.4. The Morgan fingerprint density at radius 3 is 1.82 bits per heavy atom. The molecule has 10 N–H and O–H groups in total. The molecular formula is C8H23N3O6. The molecule has 1 rings (SSSR count). The van der Waals surface area contributed by atoms with Gasteiger partial charge in [0.15, 0.2) is 0 Å². The quantitative estimate of drug-likeness (QED) is 0.194. The van der Waals surface area contributed by atoms with Crippen LogP contribution in [0.25, 0.3) is 0 Å². The predicted octanol–water partition coefficient (Wildman–Crippen LogP) is -3.57. The Balaban J connectivity index is -0.0000000747. The molecule has 17 heavy (non-hydrogen) atoms. The van der Waals surface area contributed by atoms with Crippen LogP contribution in [0.15, 0.2) is 0 Å². The highest BCUT2D eigenvalue weighted by Gasteiger charge is 2.10. The van der Waals surface area contributed by atoms with Crippen molar-refractivity contribution in [3.8, 4) is 0 Å². The van der Waals surface area contributed by atoms with Crippen LogP contribution < -0.4 is 17.4 Å². The molecule has 0 aromatic heterocycles. The lowest BCUT2D eigenvalue weighted by Gasteiger charge is -2.09. The number of cyclic esters (lactones) is 1. The van der Waals surface area contributed by atoms with Crippen LogP contribution in [0.2, 0.25) is 0 Å². The molecule has 0 radical (unpaired) electrons. The number of hydrazine groups is 1. The van der Waals surface area contributed by atoms with Crippen LogP contribution in [0.5, 0.6) is 0 Å². The van der Waals surface area contributed by atoms with Crippen molar-refractivity contribution in [2.45, 2.75) is 12.8 Å². The number of carbonyl (C=O) groups is 2. The number of ketones is 1. The molecule has 0 aromatic carbocycles. The van der Waals surface area contributed by atoms with E-state index in [2.05, 4.69) is 16.4 Å². The van der Waals surface area contributed by atoms with Crippen molar-refractivity contribution in [1.29, 1.82) is 0 Å². The monoisotopic (exact) mass is 257 g/mol. The highest BCUT2D eigenvalue weighted by atomic mass is 16.6. The van der Waals surface area contributed by atoms with E-state index in [0.717, 1.165) is 7.11 Å². The molecule has 0 unspecified atom stereocenters. The van der Waals surface area contributed by atoms with Gasteiger partial charge in [-0.2, -0.15) is 0 Å². The Hall–Kier alpha value is -1.10. The van der Waals surface area contributed by atoms with E-state index in [0.29, 0.717) is 13.0 Å². The van der Waals surface area contributed by atoms with Gasteiger partial charge in [0.1, 0.15) is 12.4 Å². The van der Waals surface area contributed by atoms with Crippen LogP contribution in [0, 0.1) is 0 Å². The average Bonchev–Trinajstić information content (AvgIpc) is 2.32. The number of esters is 1. The third kappa shape index (κ3) is 25.3. The fourth-order valence-corrected chi connectivity index (χ4v) is 0.412. The van der Waals surface area contributed by atoms with Crippen molar-refractivity contribution < 1.29 is 30.0 Å². The number of hydrogen-bond acceptors (Lipinski definition) is 8. The highest BCUT2D eigenvalue weighted by molar-refractivity contribution is 5.80. The van der Waals surface area contributed by atoms with Gasteiger partial charge >= 0.3 is 5.97 Å². The van der Waals surface area contributed by atoms with E-state index in [1.54, 1.807) is 0 Å². The van der Waals surface area contributed by atoms with E-state index >= 15 is 0 Å². The first-order chi connectivity index (χ1) is 7.70. The lowest BCUT2D eigenvalue weighted by molar-refractivity contribution is -0.157. The van der Waals surface area contributed by atoms with Crippen LogP contribution in [0.3, 0.4) is 0 Å². The third-order valence-corrected chi connectivity index (χ3v) is 1.19. The van der Waals surface area contributed by atoms with Crippen molar-refractivity contribution in [2.24, 2.45) is 17.4 Å². The summed E-state index contributed by atoms with van der Waals surface area (Å²) in [5, 5.41) is 15.1. The maximum Gasteiger partial charge on any atom is 0.309 e. The van der Waals surface area contributed by atoms with Crippen LogP contribution in [0.4, 0.5) is 0 Å². The molecule has 1 aliphatic rings. The van der Waals surface area contributed by atoms with Gasteiger partial charge in [0.25, 0.3) is 0 Å². The maximum atomic E-state index is 10.1. The van der Waals surface area contributed by atoms with Gasteiger partial charge in [0.2, 0.25) is 0 Å². The van der Waals surface area contributed by atoms with Crippen molar-refractivity contribution in [3.63, 3.8) is 0 Å². The molecule has 0 spiro atoms. The maximum absolute atomic E-state index is 10.1. The lowest BCUT2D eigenvalue weighted by Crippen LogP contribution is -2.18. The minimum atomic E-state index is -0.0949.